The van der Waals surface area contributed by atoms with Crippen molar-refractivity contribution in [2.24, 2.45) is 0 Å². The molecule has 0 fully saturated rings. The quantitative estimate of drug-likeness (QED) is 0.456. The SMILES string of the molecule is CN1C(=O)[C@@H](NC(=O)Nc2cccc(C#Cc3cnc4cccnn34)c2)COc2ccccc21. The van der Waals surface area contributed by atoms with Crippen LogP contribution in [0.25, 0.3) is 5.65 Å². The Bertz CT molecular complexity index is 1450. The van der Waals surface area contributed by atoms with E-state index >= 15 is 0 Å². The van der Waals surface area contributed by atoms with Crippen molar-refractivity contribution in [1.82, 2.24) is 19.9 Å². The highest BCUT2D eigenvalue weighted by Crippen LogP contribution is 2.29. The lowest BCUT2D eigenvalue weighted by atomic mass is 10.2. The molecular formula is C25H20N6O3. The third-order valence-corrected chi connectivity index (χ3v) is 5.30. The van der Waals surface area contributed by atoms with Crippen LogP contribution in [0.1, 0.15) is 11.3 Å². The first kappa shape index (κ1) is 21.0. The number of nitrogens with one attached hydrogen (secondary N) is 2. The van der Waals surface area contributed by atoms with Gasteiger partial charge in [-0.3, -0.25) is 4.79 Å². The summed E-state index contributed by atoms with van der Waals surface area (Å²) in [6.07, 6.45) is 3.33. The fourth-order valence-corrected chi connectivity index (χ4v) is 3.61. The van der Waals surface area contributed by atoms with Crippen LogP contribution in [0.3, 0.4) is 0 Å². The number of nitrogens with zero attached hydrogens (tertiary/aromatic N) is 4. The number of para-hydroxylation sites is 2. The lowest BCUT2D eigenvalue weighted by Gasteiger charge is -2.20. The van der Waals surface area contributed by atoms with Gasteiger partial charge in [0.2, 0.25) is 0 Å². The predicted octanol–water partition coefficient (Wildman–Crippen LogP) is 2.67. The highest BCUT2D eigenvalue weighted by atomic mass is 16.5. The number of fused-ring (bicyclic) bond motifs is 2. The first-order chi connectivity index (χ1) is 16.6. The van der Waals surface area contributed by atoms with Crippen LogP contribution in [0.4, 0.5) is 16.2 Å². The third-order valence-electron chi connectivity index (χ3n) is 5.30. The van der Waals surface area contributed by atoms with E-state index in [0.29, 0.717) is 34.0 Å². The van der Waals surface area contributed by atoms with Crippen molar-refractivity contribution in [2.75, 3.05) is 23.9 Å². The second-order valence-corrected chi connectivity index (χ2v) is 7.59. The Morgan fingerprint density at radius 2 is 2.00 bits per heavy atom. The van der Waals surface area contributed by atoms with Gasteiger partial charge in [-0.05, 0) is 48.4 Å². The zero-order valence-electron chi connectivity index (χ0n) is 18.2. The Morgan fingerprint density at radius 1 is 1.12 bits per heavy atom. The van der Waals surface area contributed by atoms with Crippen LogP contribution in [0, 0.1) is 11.8 Å². The van der Waals surface area contributed by atoms with Gasteiger partial charge in [0.05, 0.1) is 11.9 Å². The molecule has 168 valence electrons. The van der Waals surface area contributed by atoms with Crippen LogP contribution in [-0.2, 0) is 4.79 Å². The molecule has 2 aromatic carbocycles. The summed E-state index contributed by atoms with van der Waals surface area (Å²) in [4.78, 5) is 31.2. The molecule has 9 nitrogen and oxygen atoms in total. The number of rotatable bonds is 2. The monoisotopic (exact) mass is 452 g/mol. The third kappa shape index (κ3) is 4.25. The standard InChI is InChI=1S/C25H20N6O3/c1-30-21-8-2-3-9-22(21)34-16-20(24(30)32)29-25(33)28-18-7-4-6-17(14-18)11-12-19-15-26-23-10-5-13-27-31(19)23/h2-10,13-15,20H,16H2,1H3,(H2,28,29,33)/t20-/m0/s1. The highest BCUT2D eigenvalue weighted by Gasteiger charge is 2.30. The summed E-state index contributed by atoms with van der Waals surface area (Å²) >= 11 is 0. The van der Waals surface area contributed by atoms with E-state index in [-0.39, 0.29) is 12.5 Å². The summed E-state index contributed by atoms with van der Waals surface area (Å²) < 4.78 is 7.39. The van der Waals surface area contributed by atoms with Crippen LogP contribution in [0.15, 0.2) is 73.1 Å². The molecule has 0 spiro atoms. The van der Waals surface area contributed by atoms with Crippen molar-refractivity contribution in [2.45, 2.75) is 6.04 Å². The van der Waals surface area contributed by atoms with E-state index < -0.39 is 12.1 Å². The predicted molar refractivity (Wildman–Crippen MR) is 127 cm³/mol. The van der Waals surface area contributed by atoms with Gasteiger partial charge in [-0.25, -0.2) is 14.3 Å². The number of ether oxygens (including phenoxy) is 1. The first-order valence-electron chi connectivity index (χ1n) is 10.6. The van der Waals surface area contributed by atoms with E-state index in [2.05, 4.69) is 32.6 Å². The average Bonchev–Trinajstić information content (AvgIpc) is 3.23. The van der Waals surface area contributed by atoms with Gasteiger partial charge in [0.15, 0.2) is 5.65 Å². The van der Waals surface area contributed by atoms with Crippen LogP contribution in [0.5, 0.6) is 5.75 Å². The minimum absolute atomic E-state index is 0.0342. The molecule has 1 aliphatic heterocycles. The average molecular weight is 452 g/mol. The number of likely N-dealkylation sites (N-methyl/N-ethyl adjacent to an activating group) is 1. The number of anilines is 2. The van der Waals surface area contributed by atoms with Crippen LogP contribution in [-0.4, -0.2) is 46.2 Å². The minimum atomic E-state index is -0.831. The molecule has 2 aromatic heterocycles. The van der Waals surface area contributed by atoms with Gasteiger partial charge in [-0.2, -0.15) is 5.10 Å². The summed E-state index contributed by atoms with van der Waals surface area (Å²) in [5, 5.41) is 9.69. The first-order valence-corrected chi connectivity index (χ1v) is 10.6. The second kappa shape index (κ2) is 8.96. The van der Waals surface area contributed by atoms with Gasteiger partial charge >= 0.3 is 6.03 Å². The fourth-order valence-electron chi connectivity index (χ4n) is 3.61. The number of carbonyl (C=O) groups is 2. The van der Waals surface area contributed by atoms with Crippen LogP contribution < -0.4 is 20.3 Å². The van der Waals surface area contributed by atoms with Crippen molar-refractivity contribution < 1.29 is 14.3 Å². The summed E-state index contributed by atoms with van der Waals surface area (Å²) in [7, 11) is 1.66. The van der Waals surface area contributed by atoms with Gasteiger partial charge in [0.1, 0.15) is 24.1 Å². The normalized spacial score (nSPS) is 14.9. The zero-order valence-corrected chi connectivity index (χ0v) is 18.2. The zero-order chi connectivity index (χ0) is 23.5. The molecule has 1 atom stereocenters. The summed E-state index contributed by atoms with van der Waals surface area (Å²) in [5.41, 5.74) is 3.27. The number of urea groups is 1. The van der Waals surface area contributed by atoms with Gasteiger partial charge in [-0.15, -0.1) is 0 Å². The molecule has 34 heavy (non-hydrogen) atoms. The number of hydrogen-bond acceptors (Lipinski definition) is 5. The molecule has 5 rings (SSSR count). The smallest absolute Gasteiger partial charge is 0.320 e. The number of imidazole rings is 1. The van der Waals surface area contributed by atoms with Crippen molar-refractivity contribution >= 4 is 29.0 Å². The molecule has 3 heterocycles. The van der Waals surface area contributed by atoms with Crippen molar-refractivity contribution in [3.05, 3.63) is 84.3 Å². The summed E-state index contributed by atoms with van der Waals surface area (Å²) in [6.45, 7) is 0.0342. The Balaban J connectivity index is 1.26. The highest BCUT2D eigenvalue weighted by molar-refractivity contribution is 6.02. The maximum Gasteiger partial charge on any atom is 0.320 e. The molecule has 3 amide bonds. The molecule has 0 saturated carbocycles. The van der Waals surface area contributed by atoms with E-state index in [1.807, 2.05) is 30.3 Å². The topological polar surface area (TPSA) is 101 Å². The van der Waals surface area contributed by atoms with E-state index in [0.717, 1.165) is 0 Å². The summed E-state index contributed by atoms with van der Waals surface area (Å²) in [6, 6.07) is 16.7. The molecule has 0 aliphatic carbocycles. The van der Waals surface area contributed by atoms with E-state index in [9.17, 15) is 9.59 Å². The molecule has 9 heteroatoms. The maximum atomic E-state index is 12.8. The summed E-state index contributed by atoms with van der Waals surface area (Å²) in [5.74, 6) is 6.44. The number of amides is 3. The number of carbonyl (C=O) groups excluding carboxylic acids is 2. The van der Waals surface area contributed by atoms with Gasteiger partial charge in [-0.1, -0.05) is 24.1 Å². The largest absolute Gasteiger partial charge is 0.489 e. The van der Waals surface area contributed by atoms with Gasteiger partial charge < -0.3 is 20.3 Å². The van der Waals surface area contributed by atoms with Crippen LogP contribution in [0.2, 0.25) is 0 Å². The fraction of sp³-hybridized carbons (Fsp3) is 0.120. The molecule has 1 aliphatic rings. The number of aromatic nitrogens is 3. The molecule has 4 aromatic rings. The lowest BCUT2D eigenvalue weighted by Crippen LogP contribution is -2.50. The lowest BCUT2D eigenvalue weighted by molar-refractivity contribution is -0.120. The second-order valence-electron chi connectivity index (χ2n) is 7.59. The Kier molecular flexibility index (Phi) is 5.54. The van der Waals surface area contributed by atoms with E-state index in [1.165, 1.54) is 4.90 Å². The molecular weight excluding hydrogens is 432 g/mol. The molecule has 2 N–H and O–H groups in total. The van der Waals surface area contributed by atoms with Crippen molar-refractivity contribution in [3.8, 4) is 17.6 Å². The molecule has 0 unspecified atom stereocenters. The van der Waals surface area contributed by atoms with Crippen molar-refractivity contribution in [1.29, 1.82) is 0 Å². The van der Waals surface area contributed by atoms with Gasteiger partial charge in [0, 0.05) is 24.5 Å². The Morgan fingerprint density at radius 3 is 2.91 bits per heavy atom. The van der Waals surface area contributed by atoms with Crippen LogP contribution >= 0.6 is 0 Å². The van der Waals surface area contributed by atoms with Crippen molar-refractivity contribution in [3.63, 3.8) is 0 Å². The number of hydrogen-bond donors (Lipinski definition) is 2. The Hall–Kier alpha value is -4.84. The molecule has 0 bridgehead atoms. The number of benzene rings is 2. The van der Waals surface area contributed by atoms with Gasteiger partial charge in [0.25, 0.3) is 5.91 Å². The Labute approximate surface area is 195 Å². The minimum Gasteiger partial charge on any atom is -0.489 e. The van der Waals surface area contributed by atoms with E-state index in [1.54, 1.807) is 54.3 Å². The van der Waals surface area contributed by atoms with E-state index in [4.69, 9.17) is 4.74 Å². The maximum absolute atomic E-state index is 12.8. The molecule has 0 saturated heterocycles. The molecule has 0 radical (unpaired) electrons.